The average molecular weight is 298 g/mol. The number of rotatable bonds is 6. The van der Waals surface area contributed by atoms with Gasteiger partial charge in [-0.2, -0.15) is 0 Å². The molecule has 1 aromatic rings. The smallest absolute Gasteiger partial charge is 0.441 e. The summed E-state index contributed by atoms with van der Waals surface area (Å²) in [6, 6.07) is -0.961. The van der Waals surface area contributed by atoms with Crippen LogP contribution in [0.2, 0.25) is 0 Å². The second kappa shape index (κ2) is 6.86. The number of carboxylic acids is 1. The molecular weight excluding hydrogens is 276 g/mol. The third kappa shape index (κ3) is 3.70. The molecule has 1 aliphatic rings. The van der Waals surface area contributed by atoms with Crippen LogP contribution in [-0.4, -0.2) is 51.4 Å². The summed E-state index contributed by atoms with van der Waals surface area (Å²) in [5, 5.41) is 12.7. The average Bonchev–Trinajstić information content (AvgIpc) is 2.70. The normalized spacial score (nSPS) is 20.0. The van der Waals surface area contributed by atoms with E-state index in [0.717, 1.165) is 25.7 Å². The van der Waals surface area contributed by atoms with Gasteiger partial charge in [-0.25, -0.2) is 4.79 Å². The van der Waals surface area contributed by atoms with Crippen molar-refractivity contribution in [3.8, 4) is 0 Å². The standard InChI is InChI=1S/C13H22N4O4/c1-2-16(8-10(14)12(18)19)7-9-5-3-4-6-11-15-21-13(20)17(9)11/h9-10H,2-8,14H2,1H3,(H,18,19)/t9?,10-/m0/s1. The van der Waals surface area contributed by atoms with Crippen LogP contribution in [0.1, 0.15) is 38.1 Å². The molecule has 1 aliphatic heterocycles. The minimum Gasteiger partial charge on any atom is -0.480 e. The molecule has 8 heteroatoms. The Balaban J connectivity index is 2.11. The molecular formula is C13H22N4O4. The van der Waals surface area contributed by atoms with E-state index in [2.05, 4.69) is 5.16 Å². The number of nitrogens with two attached hydrogens (primary N) is 1. The van der Waals surface area contributed by atoms with Crippen LogP contribution >= 0.6 is 0 Å². The van der Waals surface area contributed by atoms with Crippen molar-refractivity contribution in [1.82, 2.24) is 14.6 Å². The van der Waals surface area contributed by atoms with Gasteiger partial charge in [0.25, 0.3) is 0 Å². The first kappa shape index (κ1) is 15.7. The third-order valence-electron chi connectivity index (χ3n) is 3.95. The summed E-state index contributed by atoms with van der Waals surface area (Å²) >= 11 is 0. The van der Waals surface area contributed by atoms with Crippen LogP contribution < -0.4 is 11.5 Å². The van der Waals surface area contributed by atoms with Gasteiger partial charge in [0.15, 0.2) is 5.82 Å². The van der Waals surface area contributed by atoms with E-state index in [1.165, 1.54) is 0 Å². The first-order valence-electron chi connectivity index (χ1n) is 7.30. The number of carbonyl (C=O) groups is 1. The predicted octanol–water partition coefficient (Wildman–Crippen LogP) is -0.162. The molecule has 8 nitrogen and oxygen atoms in total. The molecule has 2 atom stereocenters. The largest absolute Gasteiger partial charge is 0.480 e. The zero-order chi connectivity index (χ0) is 15.4. The highest BCUT2D eigenvalue weighted by Gasteiger charge is 2.26. The molecule has 0 amide bonds. The van der Waals surface area contributed by atoms with E-state index in [1.54, 1.807) is 4.57 Å². The second-order valence-electron chi connectivity index (χ2n) is 5.43. The summed E-state index contributed by atoms with van der Waals surface area (Å²) in [6.45, 7) is 3.46. The fraction of sp³-hybridized carbons (Fsp3) is 0.769. The van der Waals surface area contributed by atoms with Gasteiger partial charge in [0.1, 0.15) is 6.04 Å². The molecule has 1 aromatic heterocycles. The van der Waals surface area contributed by atoms with Gasteiger partial charge in [0, 0.05) is 19.5 Å². The number of hydrogen-bond acceptors (Lipinski definition) is 6. The highest BCUT2D eigenvalue weighted by Crippen LogP contribution is 2.22. The molecule has 0 aliphatic carbocycles. The van der Waals surface area contributed by atoms with Gasteiger partial charge in [0.2, 0.25) is 0 Å². The molecule has 2 rings (SSSR count). The van der Waals surface area contributed by atoms with Crippen LogP contribution in [0.15, 0.2) is 9.32 Å². The molecule has 0 fully saturated rings. The molecule has 21 heavy (non-hydrogen) atoms. The van der Waals surface area contributed by atoms with Crippen molar-refractivity contribution in [2.45, 2.75) is 44.7 Å². The first-order valence-corrected chi connectivity index (χ1v) is 7.30. The van der Waals surface area contributed by atoms with Crippen molar-refractivity contribution in [2.24, 2.45) is 5.73 Å². The maximum Gasteiger partial charge on any atom is 0.441 e. The molecule has 118 valence electrons. The van der Waals surface area contributed by atoms with Gasteiger partial charge < -0.3 is 10.8 Å². The molecule has 0 saturated heterocycles. The van der Waals surface area contributed by atoms with Crippen molar-refractivity contribution in [1.29, 1.82) is 0 Å². The van der Waals surface area contributed by atoms with Crippen LogP contribution in [0.3, 0.4) is 0 Å². The van der Waals surface area contributed by atoms with Gasteiger partial charge in [-0.3, -0.25) is 18.8 Å². The number of hydrogen-bond donors (Lipinski definition) is 2. The summed E-state index contributed by atoms with van der Waals surface area (Å²) in [7, 11) is 0. The molecule has 0 bridgehead atoms. The zero-order valence-corrected chi connectivity index (χ0v) is 12.2. The number of nitrogens with zero attached hydrogens (tertiary/aromatic N) is 3. The summed E-state index contributed by atoms with van der Waals surface area (Å²) in [6.07, 6.45) is 3.58. The Hall–Kier alpha value is -1.67. The monoisotopic (exact) mass is 298 g/mol. The van der Waals surface area contributed by atoms with Crippen molar-refractivity contribution in [2.75, 3.05) is 19.6 Å². The maximum atomic E-state index is 11.8. The van der Waals surface area contributed by atoms with E-state index in [9.17, 15) is 9.59 Å². The number of aryl methyl sites for hydroxylation is 1. The molecule has 2 heterocycles. The number of aromatic nitrogens is 2. The number of carboxylic acid groups (broad SMARTS) is 1. The fourth-order valence-electron chi connectivity index (χ4n) is 2.76. The zero-order valence-electron chi connectivity index (χ0n) is 12.2. The fourth-order valence-corrected chi connectivity index (χ4v) is 2.76. The minimum atomic E-state index is -1.02. The van der Waals surface area contributed by atoms with Crippen molar-refractivity contribution >= 4 is 5.97 Å². The first-order chi connectivity index (χ1) is 10.0. The highest BCUT2D eigenvalue weighted by atomic mass is 16.5. The lowest BCUT2D eigenvalue weighted by molar-refractivity contribution is -0.139. The topological polar surface area (TPSA) is 115 Å². The van der Waals surface area contributed by atoms with Gasteiger partial charge >= 0.3 is 11.7 Å². The Morgan fingerprint density at radius 2 is 2.38 bits per heavy atom. The highest BCUT2D eigenvalue weighted by molar-refractivity contribution is 5.73. The van der Waals surface area contributed by atoms with Gasteiger partial charge in [0.05, 0.1) is 6.04 Å². The minimum absolute atomic E-state index is 0.0396. The molecule has 0 saturated carbocycles. The Bertz CT molecular complexity index is 539. The summed E-state index contributed by atoms with van der Waals surface area (Å²) in [4.78, 5) is 24.7. The van der Waals surface area contributed by atoms with E-state index in [1.807, 2.05) is 11.8 Å². The van der Waals surface area contributed by atoms with E-state index in [4.69, 9.17) is 15.4 Å². The Kier molecular flexibility index (Phi) is 5.13. The van der Waals surface area contributed by atoms with Crippen LogP contribution in [0.25, 0.3) is 0 Å². The van der Waals surface area contributed by atoms with Crippen LogP contribution in [0.5, 0.6) is 0 Å². The molecule has 1 unspecified atom stereocenters. The van der Waals surface area contributed by atoms with Crippen LogP contribution in [0, 0.1) is 0 Å². The summed E-state index contributed by atoms with van der Waals surface area (Å²) in [5.74, 6) is -0.770. The Morgan fingerprint density at radius 1 is 1.62 bits per heavy atom. The van der Waals surface area contributed by atoms with Crippen molar-refractivity contribution < 1.29 is 14.4 Å². The van der Waals surface area contributed by atoms with Gasteiger partial charge in [-0.1, -0.05) is 18.5 Å². The molecule has 0 radical (unpaired) electrons. The Morgan fingerprint density at radius 3 is 3.05 bits per heavy atom. The Labute approximate surface area is 122 Å². The number of aliphatic carboxylic acids is 1. The lowest BCUT2D eigenvalue weighted by atomic mass is 10.1. The van der Waals surface area contributed by atoms with Crippen molar-refractivity contribution in [3.63, 3.8) is 0 Å². The van der Waals surface area contributed by atoms with E-state index >= 15 is 0 Å². The van der Waals surface area contributed by atoms with E-state index in [0.29, 0.717) is 18.9 Å². The van der Waals surface area contributed by atoms with E-state index < -0.39 is 17.8 Å². The predicted molar refractivity (Wildman–Crippen MR) is 75.1 cm³/mol. The summed E-state index contributed by atoms with van der Waals surface area (Å²) in [5.41, 5.74) is 5.59. The van der Waals surface area contributed by atoms with Gasteiger partial charge in [-0.15, -0.1) is 0 Å². The van der Waals surface area contributed by atoms with Crippen molar-refractivity contribution in [3.05, 3.63) is 16.4 Å². The third-order valence-corrected chi connectivity index (χ3v) is 3.95. The quantitative estimate of drug-likeness (QED) is 0.749. The van der Waals surface area contributed by atoms with E-state index in [-0.39, 0.29) is 12.6 Å². The van der Waals surface area contributed by atoms with Gasteiger partial charge in [-0.05, 0) is 19.4 Å². The molecule has 0 spiro atoms. The summed E-state index contributed by atoms with van der Waals surface area (Å²) < 4.78 is 6.37. The second-order valence-corrected chi connectivity index (χ2v) is 5.43. The number of likely N-dealkylation sites (N-methyl/N-ethyl adjacent to an activating group) is 1. The molecule has 3 N–H and O–H groups in total. The van der Waals surface area contributed by atoms with Crippen LogP contribution in [0.4, 0.5) is 0 Å². The lowest BCUT2D eigenvalue weighted by Crippen LogP contribution is -2.45. The molecule has 0 aromatic carbocycles. The number of fused-ring (bicyclic) bond motifs is 1. The SMILES string of the molecule is CCN(CC1CCCCc2noc(=O)n21)C[C@H](N)C(=O)O. The lowest BCUT2D eigenvalue weighted by Gasteiger charge is -2.27. The maximum absolute atomic E-state index is 11.8. The van der Waals surface area contributed by atoms with Crippen LogP contribution in [-0.2, 0) is 11.2 Å².